The summed E-state index contributed by atoms with van der Waals surface area (Å²) in [6, 6.07) is 0. The Morgan fingerprint density at radius 2 is 2.30 bits per heavy atom. The molecule has 0 atom stereocenters. The number of hydrogen-bond donors (Lipinski definition) is 1. The summed E-state index contributed by atoms with van der Waals surface area (Å²) in [6.07, 6.45) is 3.19. The maximum absolute atomic E-state index is 11.1. The maximum atomic E-state index is 11.1. The molecule has 0 unspecified atom stereocenters. The van der Waals surface area contributed by atoms with E-state index in [1.165, 1.54) is 7.11 Å². The molecule has 0 aliphatic carbocycles. The fourth-order valence-corrected chi connectivity index (χ4v) is 2.91. The lowest BCUT2D eigenvalue weighted by atomic mass is 9.82. The molecule has 6 heteroatoms. The summed E-state index contributed by atoms with van der Waals surface area (Å²) >= 11 is 1.59. The van der Waals surface area contributed by atoms with Crippen molar-refractivity contribution in [2.75, 3.05) is 32.2 Å². The number of aryl methyl sites for hydroxylation is 1. The van der Waals surface area contributed by atoms with E-state index in [-0.39, 0.29) is 11.4 Å². The third-order valence-corrected chi connectivity index (χ3v) is 4.58. The quantitative estimate of drug-likeness (QED) is 0.818. The lowest BCUT2D eigenvalue weighted by Gasteiger charge is -2.33. The highest BCUT2D eigenvalue weighted by Gasteiger charge is 2.27. The summed E-state index contributed by atoms with van der Waals surface area (Å²) in [5.74, 6) is -0.192. The number of esters is 1. The van der Waals surface area contributed by atoms with Crippen molar-refractivity contribution < 1.29 is 14.3 Å². The molecule has 0 bridgehead atoms. The van der Waals surface area contributed by atoms with Crippen LogP contribution in [-0.2, 0) is 20.7 Å². The predicted molar refractivity (Wildman–Crippen MR) is 79.1 cm³/mol. The van der Waals surface area contributed by atoms with Crippen molar-refractivity contribution in [1.29, 1.82) is 0 Å². The fraction of sp³-hybridized carbons (Fsp3) is 0.714. The number of carbonyl (C=O) groups excluding carboxylic acids is 1. The van der Waals surface area contributed by atoms with Crippen LogP contribution in [0.1, 0.15) is 31.9 Å². The van der Waals surface area contributed by atoms with Gasteiger partial charge in [-0.15, -0.1) is 11.3 Å². The molecule has 1 aromatic rings. The highest BCUT2D eigenvalue weighted by Crippen LogP contribution is 2.30. The van der Waals surface area contributed by atoms with Crippen LogP contribution < -0.4 is 5.32 Å². The molecule has 20 heavy (non-hydrogen) atoms. The fourth-order valence-electron chi connectivity index (χ4n) is 2.17. The summed E-state index contributed by atoms with van der Waals surface area (Å²) in [6.45, 7) is 4.90. The van der Waals surface area contributed by atoms with E-state index in [1.807, 2.05) is 5.38 Å². The van der Waals surface area contributed by atoms with E-state index in [9.17, 15) is 4.79 Å². The Morgan fingerprint density at radius 1 is 1.55 bits per heavy atom. The summed E-state index contributed by atoms with van der Waals surface area (Å²) in [7, 11) is 1.41. The van der Waals surface area contributed by atoms with Gasteiger partial charge in [-0.25, -0.2) is 4.98 Å². The minimum atomic E-state index is -0.192. The lowest BCUT2D eigenvalue weighted by Crippen LogP contribution is -2.33. The third kappa shape index (κ3) is 4.45. The molecule has 0 amide bonds. The molecule has 1 aliphatic rings. The van der Waals surface area contributed by atoms with Gasteiger partial charge in [-0.3, -0.25) is 4.79 Å². The lowest BCUT2D eigenvalue weighted by molar-refractivity contribution is -0.140. The van der Waals surface area contributed by atoms with Crippen LogP contribution in [0, 0.1) is 5.41 Å². The zero-order valence-electron chi connectivity index (χ0n) is 12.1. The first-order valence-corrected chi connectivity index (χ1v) is 7.82. The Morgan fingerprint density at radius 3 is 3.00 bits per heavy atom. The molecule has 0 radical (unpaired) electrons. The summed E-state index contributed by atoms with van der Waals surface area (Å²) in [5, 5.41) is 6.34. The second kappa shape index (κ2) is 7.04. The Kier molecular flexibility index (Phi) is 5.37. The van der Waals surface area contributed by atoms with E-state index >= 15 is 0 Å². The highest BCUT2D eigenvalue weighted by molar-refractivity contribution is 7.13. The maximum Gasteiger partial charge on any atom is 0.305 e. The zero-order chi connectivity index (χ0) is 14.4. The van der Waals surface area contributed by atoms with Crippen LogP contribution in [0.2, 0.25) is 0 Å². The molecule has 112 valence electrons. The van der Waals surface area contributed by atoms with Crippen LogP contribution in [0.4, 0.5) is 5.13 Å². The van der Waals surface area contributed by atoms with Gasteiger partial charge in [0.15, 0.2) is 5.13 Å². The van der Waals surface area contributed by atoms with Crippen molar-refractivity contribution in [1.82, 2.24) is 4.98 Å². The Balaban J connectivity index is 1.79. The molecule has 1 fully saturated rings. The number of anilines is 1. The first-order valence-electron chi connectivity index (χ1n) is 6.94. The monoisotopic (exact) mass is 298 g/mol. The van der Waals surface area contributed by atoms with E-state index < -0.39 is 0 Å². The number of carbonyl (C=O) groups is 1. The first kappa shape index (κ1) is 15.3. The number of hydrogen-bond acceptors (Lipinski definition) is 6. The van der Waals surface area contributed by atoms with E-state index in [2.05, 4.69) is 22.0 Å². The summed E-state index contributed by atoms with van der Waals surface area (Å²) < 4.78 is 10.0. The van der Waals surface area contributed by atoms with Crippen molar-refractivity contribution in [3.8, 4) is 0 Å². The van der Waals surface area contributed by atoms with Gasteiger partial charge in [-0.2, -0.15) is 0 Å². The van der Waals surface area contributed by atoms with Crippen LogP contribution in [-0.4, -0.2) is 37.8 Å². The van der Waals surface area contributed by atoms with Gasteiger partial charge in [0.1, 0.15) is 0 Å². The molecule has 1 aromatic heterocycles. The number of nitrogens with one attached hydrogen (secondary N) is 1. The Labute approximate surface area is 123 Å². The largest absolute Gasteiger partial charge is 0.469 e. The number of ether oxygens (including phenoxy) is 2. The molecule has 2 heterocycles. The number of methoxy groups -OCH3 is 1. The van der Waals surface area contributed by atoms with Gasteiger partial charge in [0.25, 0.3) is 0 Å². The Bertz CT molecular complexity index is 441. The van der Waals surface area contributed by atoms with E-state index in [4.69, 9.17) is 4.74 Å². The van der Waals surface area contributed by atoms with Gasteiger partial charge >= 0.3 is 5.97 Å². The van der Waals surface area contributed by atoms with Gasteiger partial charge < -0.3 is 14.8 Å². The minimum absolute atomic E-state index is 0.192. The van der Waals surface area contributed by atoms with Crippen LogP contribution in [0.25, 0.3) is 0 Å². The van der Waals surface area contributed by atoms with E-state index in [0.29, 0.717) is 12.8 Å². The molecule has 2 rings (SSSR count). The summed E-state index contributed by atoms with van der Waals surface area (Å²) in [5.41, 5.74) is 1.23. The van der Waals surface area contributed by atoms with Crippen LogP contribution >= 0.6 is 11.3 Å². The topological polar surface area (TPSA) is 60.5 Å². The SMILES string of the molecule is COC(=O)CCc1csc(NCC2(C)CCOCC2)n1. The molecular weight excluding hydrogens is 276 g/mol. The van der Waals surface area contributed by atoms with E-state index in [1.54, 1.807) is 11.3 Å². The molecule has 0 spiro atoms. The van der Waals surface area contributed by atoms with Gasteiger partial charge in [-0.1, -0.05) is 6.92 Å². The smallest absolute Gasteiger partial charge is 0.305 e. The molecule has 5 nitrogen and oxygen atoms in total. The second-order valence-electron chi connectivity index (χ2n) is 5.50. The minimum Gasteiger partial charge on any atom is -0.469 e. The number of rotatable bonds is 6. The zero-order valence-corrected chi connectivity index (χ0v) is 12.9. The first-order chi connectivity index (χ1) is 9.61. The number of nitrogens with zero attached hydrogens (tertiary/aromatic N) is 1. The van der Waals surface area contributed by atoms with Crippen LogP contribution in [0.15, 0.2) is 5.38 Å². The van der Waals surface area contributed by atoms with Crippen molar-refractivity contribution >= 4 is 22.4 Å². The molecule has 1 N–H and O–H groups in total. The summed E-state index contributed by atoms with van der Waals surface area (Å²) in [4.78, 5) is 15.6. The van der Waals surface area contributed by atoms with Gasteiger partial charge in [0.05, 0.1) is 19.2 Å². The van der Waals surface area contributed by atoms with Crippen molar-refractivity contribution in [2.45, 2.75) is 32.6 Å². The second-order valence-corrected chi connectivity index (χ2v) is 6.35. The normalized spacial score (nSPS) is 17.7. The Hall–Kier alpha value is -1.14. The number of thiazole rings is 1. The number of aromatic nitrogens is 1. The third-order valence-electron chi connectivity index (χ3n) is 3.73. The molecular formula is C14H22N2O3S. The van der Waals surface area contributed by atoms with Gasteiger partial charge in [-0.05, 0) is 18.3 Å². The van der Waals surface area contributed by atoms with Crippen LogP contribution in [0.5, 0.6) is 0 Å². The van der Waals surface area contributed by atoms with Crippen molar-refractivity contribution in [3.63, 3.8) is 0 Å². The predicted octanol–water partition coefficient (Wildman–Crippen LogP) is 2.48. The molecule has 0 aromatic carbocycles. The van der Waals surface area contributed by atoms with Crippen LogP contribution in [0.3, 0.4) is 0 Å². The van der Waals surface area contributed by atoms with E-state index in [0.717, 1.165) is 43.4 Å². The molecule has 1 saturated heterocycles. The average molecular weight is 298 g/mol. The van der Waals surface area contributed by atoms with Gasteiger partial charge in [0, 0.05) is 31.6 Å². The standard InChI is InChI=1S/C14H22N2O3S/c1-14(5-7-19-8-6-14)10-15-13-16-11(9-20-13)3-4-12(17)18-2/h9H,3-8,10H2,1-2H3,(H,15,16). The van der Waals surface area contributed by atoms with Crippen molar-refractivity contribution in [2.24, 2.45) is 5.41 Å². The molecule has 1 aliphatic heterocycles. The highest BCUT2D eigenvalue weighted by atomic mass is 32.1. The molecule has 0 saturated carbocycles. The average Bonchev–Trinajstić information content (AvgIpc) is 2.91. The van der Waals surface area contributed by atoms with Gasteiger partial charge in [0.2, 0.25) is 0 Å². The van der Waals surface area contributed by atoms with Crippen molar-refractivity contribution in [3.05, 3.63) is 11.1 Å².